The molecule has 1 aliphatic rings. The van der Waals surface area contributed by atoms with Gasteiger partial charge in [-0.15, -0.1) is 24.5 Å². The summed E-state index contributed by atoms with van der Waals surface area (Å²) in [5, 5.41) is 0.712. The minimum absolute atomic E-state index is 0.109. The summed E-state index contributed by atoms with van der Waals surface area (Å²) >= 11 is 0.725. The quantitative estimate of drug-likeness (QED) is 0.497. The van der Waals surface area contributed by atoms with E-state index in [-0.39, 0.29) is 20.9 Å². The molecule has 0 amide bonds. The zero-order chi connectivity index (χ0) is 19.3. The lowest BCUT2D eigenvalue weighted by Crippen LogP contribution is -2.25. The van der Waals surface area contributed by atoms with Gasteiger partial charge in [0.25, 0.3) is 0 Å². The van der Waals surface area contributed by atoms with Gasteiger partial charge in [0.1, 0.15) is 5.82 Å². The van der Waals surface area contributed by atoms with E-state index in [1.165, 1.54) is 12.1 Å². The molecule has 0 N–H and O–H groups in total. The van der Waals surface area contributed by atoms with E-state index in [1.807, 2.05) is 6.92 Å². The van der Waals surface area contributed by atoms with Gasteiger partial charge in [-0.2, -0.15) is 0 Å². The molecular weight excluding hydrogens is 391 g/mol. The Morgan fingerprint density at radius 3 is 2.19 bits per heavy atom. The van der Waals surface area contributed by atoms with Crippen molar-refractivity contribution < 1.29 is 36.2 Å². The normalized spacial score (nSPS) is 21.1. The van der Waals surface area contributed by atoms with Crippen LogP contribution >= 0.6 is 11.3 Å². The van der Waals surface area contributed by atoms with Crippen LogP contribution in [-0.2, 0) is 9.47 Å². The number of hydrogen-bond donors (Lipinski definition) is 0. The Morgan fingerprint density at radius 2 is 1.56 bits per heavy atom. The summed E-state index contributed by atoms with van der Waals surface area (Å²) < 4.78 is 81.4. The van der Waals surface area contributed by atoms with Crippen LogP contribution in [0.5, 0.6) is 5.75 Å². The Labute approximate surface area is 154 Å². The van der Waals surface area contributed by atoms with Gasteiger partial charge in [0.15, 0.2) is 17.9 Å². The number of rotatable bonds is 2. The summed E-state index contributed by atoms with van der Waals surface area (Å²) in [6.45, 7) is 2.77. The Balaban J connectivity index is 1.81. The van der Waals surface area contributed by atoms with Crippen molar-refractivity contribution in [2.75, 3.05) is 13.2 Å². The molecule has 27 heavy (non-hydrogen) atoms. The second-order valence-corrected chi connectivity index (χ2v) is 7.37. The number of hydrogen-bond acceptors (Lipinski definition) is 4. The minimum atomic E-state index is -5.02. The number of alkyl halides is 3. The molecule has 144 valence electrons. The van der Waals surface area contributed by atoms with Crippen molar-refractivity contribution >= 4 is 31.5 Å². The summed E-state index contributed by atoms with van der Waals surface area (Å²) in [7, 11) is 0. The van der Waals surface area contributed by atoms with Gasteiger partial charge in [0, 0.05) is 22.3 Å². The monoisotopic (exact) mass is 404 g/mol. The maximum absolute atomic E-state index is 15.0. The number of benzene rings is 2. The Hall–Kier alpha value is -1.97. The molecule has 0 radical (unpaired) electrons. The van der Waals surface area contributed by atoms with Crippen LogP contribution in [0, 0.1) is 17.6 Å². The molecule has 2 aromatic carbocycles. The van der Waals surface area contributed by atoms with Gasteiger partial charge in [-0.25, -0.2) is 8.78 Å². The fraction of sp³-hybridized carbons (Fsp3) is 0.333. The molecule has 3 aromatic rings. The average Bonchev–Trinajstić information content (AvgIpc) is 2.98. The standard InChI is InChI=1S/C18H13F5O3S/c1-8-6-24-17(25-7-8)11-3-2-9-10-4-5-12(26-18(21,22)23)14(20)16(10)27-15(9)13(11)19/h2-5,8,17H,6-7H2,1H3. The van der Waals surface area contributed by atoms with E-state index >= 15 is 4.39 Å². The van der Waals surface area contributed by atoms with E-state index in [2.05, 4.69) is 4.74 Å². The van der Waals surface area contributed by atoms with Crippen molar-refractivity contribution in [3.05, 3.63) is 41.5 Å². The average molecular weight is 404 g/mol. The second kappa shape index (κ2) is 6.57. The van der Waals surface area contributed by atoms with Crippen molar-refractivity contribution in [3.8, 4) is 5.75 Å². The van der Waals surface area contributed by atoms with Gasteiger partial charge in [-0.1, -0.05) is 19.1 Å². The molecule has 2 heterocycles. The molecule has 4 rings (SSSR count). The molecule has 0 unspecified atom stereocenters. The van der Waals surface area contributed by atoms with Crippen molar-refractivity contribution in [1.29, 1.82) is 0 Å². The number of thiophene rings is 1. The third-order valence-electron chi connectivity index (χ3n) is 4.23. The van der Waals surface area contributed by atoms with E-state index in [4.69, 9.17) is 9.47 Å². The first-order valence-corrected chi connectivity index (χ1v) is 8.88. The maximum Gasteiger partial charge on any atom is 0.573 e. The van der Waals surface area contributed by atoms with Crippen LogP contribution in [0.25, 0.3) is 20.2 Å². The van der Waals surface area contributed by atoms with E-state index in [9.17, 15) is 17.6 Å². The topological polar surface area (TPSA) is 27.7 Å². The molecule has 0 atom stereocenters. The van der Waals surface area contributed by atoms with E-state index in [1.54, 1.807) is 6.07 Å². The maximum atomic E-state index is 15.0. The van der Waals surface area contributed by atoms with Crippen LogP contribution in [0.2, 0.25) is 0 Å². The smallest absolute Gasteiger partial charge is 0.403 e. The van der Waals surface area contributed by atoms with E-state index in [0.717, 1.165) is 17.4 Å². The summed E-state index contributed by atoms with van der Waals surface area (Å²) in [6.07, 6.45) is -5.89. The largest absolute Gasteiger partial charge is 0.573 e. The summed E-state index contributed by atoms with van der Waals surface area (Å²) in [4.78, 5) is 0. The molecule has 1 fully saturated rings. The Morgan fingerprint density at radius 1 is 0.963 bits per heavy atom. The zero-order valence-corrected chi connectivity index (χ0v) is 14.7. The molecule has 0 aliphatic carbocycles. The summed E-state index contributed by atoms with van der Waals surface area (Å²) in [6, 6.07) is 5.24. The zero-order valence-electron chi connectivity index (χ0n) is 13.9. The molecule has 0 saturated carbocycles. The predicted octanol–water partition coefficient (Wildman–Crippen LogP) is 5.91. The van der Waals surface area contributed by atoms with Crippen LogP contribution in [0.1, 0.15) is 18.8 Å². The highest BCUT2D eigenvalue weighted by molar-refractivity contribution is 7.25. The molecule has 3 nitrogen and oxygen atoms in total. The van der Waals surface area contributed by atoms with Gasteiger partial charge < -0.3 is 14.2 Å². The number of fused-ring (bicyclic) bond motifs is 3. The lowest BCUT2D eigenvalue weighted by atomic mass is 10.1. The fourth-order valence-electron chi connectivity index (χ4n) is 3.00. The highest BCUT2D eigenvalue weighted by Gasteiger charge is 2.33. The number of halogens is 5. The van der Waals surface area contributed by atoms with Gasteiger partial charge in [-0.05, 0) is 12.1 Å². The highest BCUT2D eigenvalue weighted by Crippen LogP contribution is 2.42. The van der Waals surface area contributed by atoms with E-state index in [0.29, 0.717) is 24.0 Å². The van der Waals surface area contributed by atoms with Crippen molar-refractivity contribution in [2.24, 2.45) is 5.92 Å². The lowest BCUT2D eigenvalue weighted by Gasteiger charge is -2.27. The van der Waals surface area contributed by atoms with Crippen molar-refractivity contribution in [2.45, 2.75) is 19.6 Å². The third kappa shape index (κ3) is 3.35. The Bertz CT molecular complexity index is 1010. The molecule has 0 bridgehead atoms. The molecular formula is C18H13F5O3S. The van der Waals surface area contributed by atoms with Crippen molar-refractivity contribution in [3.63, 3.8) is 0 Å². The first-order chi connectivity index (χ1) is 12.7. The molecule has 1 aromatic heterocycles. The second-order valence-electron chi connectivity index (χ2n) is 6.35. The third-order valence-corrected chi connectivity index (χ3v) is 5.43. The lowest BCUT2D eigenvalue weighted by molar-refractivity contribution is -0.275. The van der Waals surface area contributed by atoms with Crippen LogP contribution in [0.15, 0.2) is 24.3 Å². The summed E-state index contributed by atoms with van der Waals surface area (Å²) in [5.41, 5.74) is 0.174. The summed E-state index contributed by atoms with van der Waals surface area (Å²) in [5.74, 6) is -2.56. The number of ether oxygens (including phenoxy) is 3. The van der Waals surface area contributed by atoms with Crippen LogP contribution < -0.4 is 4.74 Å². The van der Waals surface area contributed by atoms with E-state index < -0.39 is 30.0 Å². The van der Waals surface area contributed by atoms with Gasteiger partial charge in [0.05, 0.1) is 22.6 Å². The fourth-order valence-corrected chi connectivity index (χ4v) is 4.18. The van der Waals surface area contributed by atoms with Crippen molar-refractivity contribution in [1.82, 2.24) is 0 Å². The van der Waals surface area contributed by atoms with Gasteiger partial charge in [0.2, 0.25) is 0 Å². The highest BCUT2D eigenvalue weighted by atomic mass is 32.1. The Kier molecular flexibility index (Phi) is 4.48. The predicted molar refractivity (Wildman–Crippen MR) is 89.7 cm³/mol. The first kappa shape index (κ1) is 18.4. The minimum Gasteiger partial charge on any atom is -0.403 e. The van der Waals surface area contributed by atoms with Crippen LogP contribution in [0.3, 0.4) is 0 Å². The molecule has 0 spiro atoms. The van der Waals surface area contributed by atoms with Crippen LogP contribution in [0.4, 0.5) is 22.0 Å². The molecule has 1 saturated heterocycles. The van der Waals surface area contributed by atoms with Crippen LogP contribution in [-0.4, -0.2) is 19.6 Å². The molecule has 9 heteroatoms. The first-order valence-electron chi connectivity index (χ1n) is 8.06. The van der Waals surface area contributed by atoms with Gasteiger partial charge >= 0.3 is 6.36 Å². The van der Waals surface area contributed by atoms with Gasteiger partial charge in [-0.3, -0.25) is 0 Å². The SMILES string of the molecule is CC1COC(c2ccc3c(sc4c(F)c(OC(F)(F)F)ccc43)c2F)OC1. The molecule has 1 aliphatic heterocycles.